The topological polar surface area (TPSA) is 30.5 Å². The monoisotopic (exact) mass is 263 g/mol. The average molecular weight is 263 g/mol. The molecule has 0 heterocycles. The van der Waals surface area contributed by atoms with Gasteiger partial charge in [-0.1, -0.05) is 18.6 Å². The number of hydrogen-bond donors (Lipinski definition) is 1. The maximum Gasteiger partial charge on any atom is 0.127 e. The van der Waals surface area contributed by atoms with Gasteiger partial charge in [0.25, 0.3) is 0 Å². The summed E-state index contributed by atoms with van der Waals surface area (Å²) in [7, 11) is 1.67. The molecule has 0 bridgehead atoms. The van der Waals surface area contributed by atoms with Gasteiger partial charge < -0.3 is 14.8 Å². The molecular weight excluding hydrogens is 238 g/mol. The summed E-state index contributed by atoms with van der Waals surface area (Å²) in [6, 6.07) is 5.97. The molecule has 1 N–H and O–H groups in total. The van der Waals surface area contributed by atoms with E-state index in [9.17, 15) is 0 Å². The Kier molecular flexibility index (Phi) is 7.04. The highest BCUT2D eigenvalue weighted by atomic mass is 16.5. The summed E-state index contributed by atoms with van der Waals surface area (Å²) in [5, 5.41) is 3.39. The minimum atomic E-state index is 0.656. The van der Waals surface area contributed by atoms with Crippen LogP contribution in [-0.2, 0) is 6.54 Å². The molecule has 0 atom stereocenters. The van der Waals surface area contributed by atoms with Crippen molar-refractivity contribution in [2.75, 3.05) is 20.3 Å². The van der Waals surface area contributed by atoms with Crippen LogP contribution in [0.5, 0.6) is 11.5 Å². The molecule has 0 saturated heterocycles. The second kappa shape index (κ2) is 8.59. The first kappa shape index (κ1) is 15.6. The third-order valence-corrected chi connectivity index (χ3v) is 2.80. The third kappa shape index (κ3) is 5.79. The second-order valence-electron chi connectivity index (χ2n) is 4.71. The Morgan fingerprint density at radius 2 is 2.16 bits per heavy atom. The second-order valence-corrected chi connectivity index (χ2v) is 4.71. The van der Waals surface area contributed by atoms with Crippen LogP contribution in [-0.4, -0.2) is 20.3 Å². The zero-order valence-electron chi connectivity index (χ0n) is 12.3. The highest BCUT2D eigenvalue weighted by Crippen LogP contribution is 2.25. The molecule has 0 radical (unpaired) electrons. The molecule has 1 rings (SSSR count). The lowest BCUT2D eigenvalue weighted by molar-refractivity contribution is 0.314. The number of ether oxygens (including phenoxy) is 2. The summed E-state index contributed by atoms with van der Waals surface area (Å²) >= 11 is 0. The standard InChI is InChI=1S/C16H25NO2/c1-5-9-17-12-14-6-7-15(18-4)11-16(14)19-10-8-13(2)3/h6-7,11,17H,2,5,8-10,12H2,1,3-4H3. The van der Waals surface area contributed by atoms with E-state index in [-0.39, 0.29) is 0 Å². The molecule has 1 aromatic carbocycles. The Balaban J connectivity index is 2.68. The summed E-state index contributed by atoms with van der Waals surface area (Å²) < 4.78 is 11.1. The third-order valence-electron chi connectivity index (χ3n) is 2.80. The fraction of sp³-hybridized carbons (Fsp3) is 0.500. The first-order valence-corrected chi connectivity index (χ1v) is 6.82. The molecule has 0 spiro atoms. The van der Waals surface area contributed by atoms with Gasteiger partial charge in [0.1, 0.15) is 11.5 Å². The first-order chi connectivity index (χ1) is 9.17. The van der Waals surface area contributed by atoms with E-state index in [4.69, 9.17) is 9.47 Å². The Hall–Kier alpha value is -1.48. The van der Waals surface area contributed by atoms with Gasteiger partial charge in [-0.05, 0) is 26.0 Å². The highest BCUT2D eigenvalue weighted by molar-refractivity contribution is 5.40. The number of methoxy groups -OCH3 is 1. The van der Waals surface area contributed by atoms with E-state index in [2.05, 4.69) is 24.9 Å². The van der Waals surface area contributed by atoms with Crippen molar-refractivity contribution < 1.29 is 9.47 Å². The molecule has 1 aromatic rings. The van der Waals surface area contributed by atoms with E-state index in [1.807, 2.05) is 19.1 Å². The van der Waals surface area contributed by atoms with Crippen molar-refractivity contribution in [3.8, 4) is 11.5 Å². The summed E-state index contributed by atoms with van der Waals surface area (Å²) in [4.78, 5) is 0. The summed E-state index contributed by atoms with van der Waals surface area (Å²) in [6.45, 7) is 10.5. The van der Waals surface area contributed by atoms with Crippen LogP contribution in [0.25, 0.3) is 0 Å². The molecule has 0 aliphatic rings. The molecule has 0 aromatic heterocycles. The summed E-state index contributed by atoms with van der Waals surface area (Å²) in [6.07, 6.45) is 2.00. The Morgan fingerprint density at radius 3 is 2.79 bits per heavy atom. The normalized spacial score (nSPS) is 10.3. The van der Waals surface area contributed by atoms with Crippen LogP contribution in [0.4, 0.5) is 0 Å². The maximum absolute atomic E-state index is 5.84. The molecular formula is C16H25NO2. The van der Waals surface area contributed by atoms with E-state index in [0.29, 0.717) is 6.61 Å². The molecule has 0 unspecified atom stereocenters. The molecule has 106 valence electrons. The van der Waals surface area contributed by atoms with Crippen molar-refractivity contribution in [1.82, 2.24) is 5.32 Å². The van der Waals surface area contributed by atoms with E-state index >= 15 is 0 Å². The van der Waals surface area contributed by atoms with Crippen molar-refractivity contribution in [3.05, 3.63) is 35.9 Å². The number of benzene rings is 1. The van der Waals surface area contributed by atoms with Crippen LogP contribution in [0.3, 0.4) is 0 Å². The predicted molar refractivity (Wildman–Crippen MR) is 79.9 cm³/mol. The van der Waals surface area contributed by atoms with Crippen LogP contribution in [0.15, 0.2) is 30.4 Å². The molecule has 0 aliphatic carbocycles. The van der Waals surface area contributed by atoms with E-state index < -0.39 is 0 Å². The lowest BCUT2D eigenvalue weighted by Gasteiger charge is -2.13. The van der Waals surface area contributed by atoms with Crippen molar-refractivity contribution in [1.29, 1.82) is 0 Å². The van der Waals surface area contributed by atoms with E-state index in [1.54, 1.807) is 7.11 Å². The predicted octanol–water partition coefficient (Wildman–Crippen LogP) is 3.54. The fourth-order valence-electron chi connectivity index (χ4n) is 1.68. The zero-order chi connectivity index (χ0) is 14.1. The summed E-state index contributed by atoms with van der Waals surface area (Å²) in [5.74, 6) is 1.72. The van der Waals surface area contributed by atoms with Crippen molar-refractivity contribution >= 4 is 0 Å². The molecule has 3 heteroatoms. The molecule has 3 nitrogen and oxygen atoms in total. The van der Waals surface area contributed by atoms with Crippen LogP contribution in [0, 0.1) is 0 Å². The zero-order valence-corrected chi connectivity index (χ0v) is 12.3. The van der Waals surface area contributed by atoms with Crippen LogP contribution in [0.1, 0.15) is 32.3 Å². The van der Waals surface area contributed by atoms with E-state index in [0.717, 1.165) is 48.6 Å². The van der Waals surface area contributed by atoms with Gasteiger partial charge in [-0.15, -0.1) is 6.58 Å². The van der Waals surface area contributed by atoms with Crippen molar-refractivity contribution in [2.24, 2.45) is 0 Å². The summed E-state index contributed by atoms with van der Waals surface area (Å²) in [5.41, 5.74) is 2.30. The number of nitrogens with one attached hydrogen (secondary N) is 1. The minimum Gasteiger partial charge on any atom is -0.497 e. The minimum absolute atomic E-state index is 0.656. The van der Waals surface area contributed by atoms with Crippen LogP contribution in [0.2, 0.25) is 0 Å². The lowest BCUT2D eigenvalue weighted by atomic mass is 10.2. The van der Waals surface area contributed by atoms with Gasteiger partial charge in [-0.25, -0.2) is 0 Å². The average Bonchev–Trinajstić information content (AvgIpc) is 2.40. The van der Waals surface area contributed by atoms with Gasteiger partial charge >= 0.3 is 0 Å². The smallest absolute Gasteiger partial charge is 0.127 e. The van der Waals surface area contributed by atoms with Gasteiger partial charge in [0.2, 0.25) is 0 Å². The lowest BCUT2D eigenvalue weighted by Crippen LogP contribution is -2.15. The molecule has 0 saturated carbocycles. The number of hydrogen-bond acceptors (Lipinski definition) is 3. The largest absolute Gasteiger partial charge is 0.497 e. The molecule has 0 aliphatic heterocycles. The van der Waals surface area contributed by atoms with Crippen molar-refractivity contribution in [3.63, 3.8) is 0 Å². The van der Waals surface area contributed by atoms with Gasteiger partial charge in [0.05, 0.1) is 13.7 Å². The van der Waals surface area contributed by atoms with Crippen molar-refractivity contribution in [2.45, 2.75) is 33.2 Å². The molecule has 0 fully saturated rings. The highest BCUT2D eigenvalue weighted by Gasteiger charge is 2.05. The fourth-order valence-corrected chi connectivity index (χ4v) is 1.68. The van der Waals surface area contributed by atoms with Crippen LogP contribution < -0.4 is 14.8 Å². The van der Waals surface area contributed by atoms with Gasteiger partial charge in [0, 0.05) is 24.6 Å². The first-order valence-electron chi connectivity index (χ1n) is 6.82. The molecule has 0 amide bonds. The Bertz CT molecular complexity index is 402. The SMILES string of the molecule is C=C(C)CCOc1cc(OC)ccc1CNCCC. The number of rotatable bonds is 9. The maximum atomic E-state index is 5.84. The van der Waals surface area contributed by atoms with E-state index in [1.165, 1.54) is 0 Å². The quantitative estimate of drug-likeness (QED) is 0.546. The van der Waals surface area contributed by atoms with Gasteiger partial charge in [-0.2, -0.15) is 0 Å². The van der Waals surface area contributed by atoms with Crippen LogP contribution >= 0.6 is 0 Å². The van der Waals surface area contributed by atoms with Gasteiger partial charge in [0.15, 0.2) is 0 Å². The Morgan fingerprint density at radius 1 is 1.37 bits per heavy atom. The molecule has 19 heavy (non-hydrogen) atoms. The van der Waals surface area contributed by atoms with Gasteiger partial charge in [-0.3, -0.25) is 0 Å². The Labute approximate surface area is 116 Å².